The van der Waals surface area contributed by atoms with Gasteiger partial charge in [0.2, 0.25) is 0 Å². The molecule has 0 amide bonds. The monoisotopic (exact) mass is 385 g/mol. The number of aromatic hydroxyl groups is 1. The number of pyridine rings is 1. The van der Waals surface area contributed by atoms with Gasteiger partial charge < -0.3 is 10.2 Å². The third-order valence-corrected chi connectivity index (χ3v) is 5.89. The Kier molecular flexibility index (Phi) is 4.52. The summed E-state index contributed by atoms with van der Waals surface area (Å²) >= 11 is 0. The summed E-state index contributed by atoms with van der Waals surface area (Å²) < 4.78 is 1.95. The molecule has 2 N–H and O–H groups in total. The first-order valence-electron chi connectivity index (χ1n) is 10.1. The van der Waals surface area contributed by atoms with Crippen molar-refractivity contribution in [3.63, 3.8) is 0 Å². The Morgan fingerprint density at radius 2 is 1.76 bits per heavy atom. The minimum absolute atomic E-state index is 0.00240. The molecule has 2 aromatic carbocycles. The Morgan fingerprint density at radius 3 is 2.59 bits per heavy atom. The van der Waals surface area contributed by atoms with Crippen molar-refractivity contribution in [3.8, 4) is 28.1 Å². The number of fused-ring (bicyclic) bond motifs is 1. The number of hydrogen-bond acceptors (Lipinski definition) is 4. The molecule has 1 aliphatic rings. The first-order valence-corrected chi connectivity index (χ1v) is 10.1. The average Bonchev–Trinajstić information content (AvgIpc) is 3.20. The maximum absolute atomic E-state index is 10.5. The number of phenols is 1. The van der Waals surface area contributed by atoms with E-state index < -0.39 is 0 Å². The molecule has 146 valence electrons. The molecule has 2 aromatic heterocycles. The minimum Gasteiger partial charge on any atom is -0.507 e. The van der Waals surface area contributed by atoms with Crippen LogP contribution in [0, 0.1) is 0 Å². The second-order valence-corrected chi connectivity index (χ2v) is 7.74. The first kappa shape index (κ1) is 17.9. The largest absolute Gasteiger partial charge is 0.507 e. The van der Waals surface area contributed by atoms with E-state index in [1.54, 1.807) is 18.5 Å². The first-order chi connectivity index (χ1) is 14.2. The topological polar surface area (TPSA) is 71.2 Å². The van der Waals surface area contributed by atoms with Crippen LogP contribution < -0.4 is 0 Å². The third kappa shape index (κ3) is 3.28. The fraction of sp³-hybridized carbons (Fsp3) is 0.250. The second-order valence-electron chi connectivity index (χ2n) is 7.74. The quantitative estimate of drug-likeness (QED) is 0.524. The van der Waals surface area contributed by atoms with Gasteiger partial charge in [-0.25, -0.2) is 0 Å². The van der Waals surface area contributed by atoms with E-state index >= 15 is 0 Å². The fourth-order valence-electron chi connectivity index (χ4n) is 4.33. The summed E-state index contributed by atoms with van der Waals surface area (Å²) in [4.78, 5) is 4.13. The number of nitrogens with zero attached hydrogens (tertiary/aromatic N) is 3. The molecule has 29 heavy (non-hydrogen) atoms. The van der Waals surface area contributed by atoms with E-state index in [4.69, 9.17) is 5.10 Å². The normalized spacial score (nSPS) is 19.5. The minimum atomic E-state index is -0.365. The predicted octanol–water partition coefficient (Wildman–Crippen LogP) is 4.95. The molecule has 2 atom stereocenters. The summed E-state index contributed by atoms with van der Waals surface area (Å²) in [6.07, 6.45) is 9.16. The number of phenolic OH excluding ortho intramolecular Hbond substituents is 1. The van der Waals surface area contributed by atoms with Crippen LogP contribution in [0.5, 0.6) is 5.75 Å². The molecule has 4 aromatic rings. The van der Waals surface area contributed by atoms with E-state index in [1.165, 1.54) is 0 Å². The number of hydrogen-bond donors (Lipinski definition) is 2. The van der Waals surface area contributed by atoms with E-state index in [0.717, 1.165) is 58.8 Å². The van der Waals surface area contributed by atoms with Gasteiger partial charge in [-0.2, -0.15) is 5.10 Å². The van der Waals surface area contributed by atoms with Gasteiger partial charge in [0.25, 0.3) is 0 Å². The van der Waals surface area contributed by atoms with Crippen LogP contribution in [0.25, 0.3) is 33.2 Å². The highest BCUT2D eigenvalue weighted by atomic mass is 16.3. The van der Waals surface area contributed by atoms with Gasteiger partial charge in [0, 0.05) is 35.1 Å². The van der Waals surface area contributed by atoms with E-state index in [9.17, 15) is 10.2 Å². The van der Waals surface area contributed by atoms with Crippen molar-refractivity contribution in [2.45, 2.75) is 37.8 Å². The molecule has 2 heterocycles. The van der Waals surface area contributed by atoms with Crippen LogP contribution in [-0.2, 0) is 0 Å². The highest BCUT2D eigenvalue weighted by Gasteiger charge is 2.27. The molecule has 5 nitrogen and oxygen atoms in total. The van der Waals surface area contributed by atoms with Gasteiger partial charge in [0.15, 0.2) is 0 Å². The molecule has 1 fully saturated rings. The van der Waals surface area contributed by atoms with Gasteiger partial charge in [0.05, 0.1) is 12.1 Å². The van der Waals surface area contributed by atoms with Crippen LogP contribution >= 0.6 is 0 Å². The maximum atomic E-state index is 10.5. The summed E-state index contributed by atoms with van der Waals surface area (Å²) in [6.45, 7) is 0. The maximum Gasteiger partial charge on any atom is 0.123 e. The Labute approximate surface area is 169 Å². The van der Waals surface area contributed by atoms with Gasteiger partial charge in [0.1, 0.15) is 11.4 Å². The molecule has 0 bridgehead atoms. The smallest absolute Gasteiger partial charge is 0.123 e. The van der Waals surface area contributed by atoms with Crippen LogP contribution in [0.15, 0.2) is 67.1 Å². The fourth-order valence-corrected chi connectivity index (χ4v) is 4.33. The van der Waals surface area contributed by atoms with E-state index in [-0.39, 0.29) is 17.9 Å². The van der Waals surface area contributed by atoms with Gasteiger partial charge in [-0.05, 0) is 48.1 Å². The molecule has 0 radical (unpaired) electrons. The summed E-state index contributed by atoms with van der Waals surface area (Å²) in [5.74, 6) is 0.282. The Morgan fingerprint density at radius 1 is 0.931 bits per heavy atom. The molecule has 5 heteroatoms. The van der Waals surface area contributed by atoms with E-state index in [0.29, 0.717) is 0 Å². The lowest BCUT2D eigenvalue weighted by Crippen LogP contribution is -2.27. The Balaban J connectivity index is 1.66. The molecule has 1 saturated carbocycles. The van der Waals surface area contributed by atoms with Crippen molar-refractivity contribution in [2.24, 2.45) is 0 Å². The average molecular weight is 385 g/mol. The van der Waals surface area contributed by atoms with Crippen LogP contribution in [0.2, 0.25) is 0 Å². The third-order valence-electron chi connectivity index (χ3n) is 5.89. The Hall–Kier alpha value is -3.18. The highest BCUT2D eigenvalue weighted by molar-refractivity contribution is 5.93. The molecular weight excluding hydrogens is 362 g/mol. The lowest BCUT2D eigenvalue weighted by atomic mass is 9.93. The van der Waals surface area contributed by atoms with Crippen LogP contribution in [-0.4, -0.2) is 31.1 Å². The van der Waals surface area contributed by atoms with Crippen molar-refractivity contribution in [1.29, 1.82) is 0 Å². The highest BCUT2D eigenvalue weighted by Crippen LogP contribution is 2.37. The van der Waals surface area contributed by atoms with Crippen LogP contribution in [0.4, 0.5) is 0 Å². The van der Waals surface area contributed by atoms with E-state index in [1.807, 2.05) is 41.1 Å². The summed E-state index contributed by atoms with van der Waals surface area (Å²) in [5.41, 5.74) is 3.92. The Bertz CT molecular complexity index is 1150. The number of rotatable bonds is 3. The number of benzene rings is 2. The number of aliphatic hydroxyl groups excluding tert-OH is 1. The molecule has 0 spiro atoms. The van der Waals surface area contributed by atoms with Crippen molar-refractivity contribution in [3.05, 3.63) is 67.1 Å². The molecule has 0 aliphatic heterocycles. The van der Waals surface area contributed by atoms with Crippen LogP contribution in [0.1, 0.15) is 31.7 Å². The SMILES string of the molecule is Oc1cccc2cc(-c3cn(C4CCCCC4O)nc3-c3ccncc3)ccc12. The molecule has 2 unspecified atom stereocenters. The zero-order chi connectivity index (χ0) is 19.8. The van der Waals surface area contributed by atoms with Crippen LogP contribution in [0.3, 0.4) is 0 Å². The zero-order valence-corrected chi connectivity index (χ0v) is 16.1. The van der Waals surface area contributed by atoms with Gasteiger partial charge in [-0.1, -0.05) is 37.1 Å². The van der Waals surface area contributed by atoms with Crippen molar-refractivity contribution >= 4 is 10.8 Å². The predicted molar refractivity (Wildman–Crippen MR) is 114 cm³/mol. The van der Waals surface area contributed by atoms with Crippen molar-refractivity contribution < 1.29 is 10.2 Å². The number of aliphatic hydroxyl groups is 1. The second kappa shape index (κ2) is 7.33. The summed E-state index contributed by atoms with van der Waals surface area (Å²) in [5, 5.41) is 27.4. The van der Waals surface area contributed by atoms with Gasteiger partial charge >= 0.3 is 0 Å². The zero-order valence-electron chi connectivity index (χ0n) is 16.1. The molecule has 0 saturated heterocycles. The lowest BCUT2D eigenvalue weighted by molar-refractivity contribution is 0.0696. The number of aromatic nitrogens is 3. The van der Waals surface area contributed by atoms with Crippen molar-refractivity contribution in [2.75, 3.05) is 0 Å². The summed E-state index contributed by atoms with van der Waals surface area (Å²) in [7, 11) is 0. The molecular formula is C24H23N3O2. The molecule has 5 rings (SSSR count). The lowest BCUT2D eigenvalue weighted by Gasteiger charge is -2.27. The van der Waals surface area contributed by atoms with E-state index in [2.05, 4.69) is 17.2 Å². The summed E-state index contributed by atoms with van der Waals surface area (Å²) in [6, 6.07) is 15.5. The van der Waals surface area contributed by atoms with Crippen molar-refractivity contribution in [1.82, 2.24) is 14.8 Å². The molecule has 1 aliphatic carbocycles. The van der Waals surface area contributed by atoms with Gasteiger partial charge in [-0.3, -0.25) is 9.67 Å². The standard InChI is InChI=1S/C24H23N3O2/c28-22-7-3-4-17-14-18(8-9-19(17)22)20-15-27(21-5-1-2-6-23(21)29)26-24(20)16-10-12-25-13-11-16/h3-4,7-15,21,23,28-29H,1-2,5-6H2. The van der Waals surface area contributed by atoms with Gasteiger partial charge in [-0.15, -0.1) is 0 Å².